The first-order chi connectivity index (χ1) is 17.0. The van der Waals surface area contributed by atoms with Crippen LogP contribution in [0.3, 0.4) is 0 Å². The van der Waals surface area contributed by atoms with Crippen LogP contribution in [0.2, 0.25) is 0 Å². The van der Waals surface area contributed by atoms with Crippen molar-refractivity contribution in [1.29, 1.82) is 0 Å². The maximum atomic E-state index is 13.9. The van der Waals surface area contributed by atoms with Crippen molar-refractivity contribution in [3.8, 4) is 22.9 Å². The van der Waals surface area contributed by atoms with Crippen LogP contribution >= 0.6 is 0 Å². The Morgan fingerprint density at radius 3 is 2.58 bits per heavy atom. The Bertz CT molecular complexity index is 1410. The second-order valence-corrected chi connectivity index (χ2v) is 8.38. The van der Waals surface area contributed by atoms with Crippen LogP contribution in [0.1, 0.15) is 34.3 Å². The second kappa shape index (κ2) is 9.84. The van der Waals surface area contributed by atoms with Gasteiger partial charge < -0.3 is 15.8 Å². The number of nitrogens with zero attached hydrogens (tertiary/aromatic N) is 3. The summed E-state index contributed by atoms with van der Waals surface area (Å²) < 4.78 is 58.9. The largest absolute Gasteiger partial charge is 0.437 e. The lowest BCUT2D eigenvalue weighted by Crippen LogP contribution is -2.12. The predicted molar refractivity (Wildman–Crippen MR) is 127 cm³/mol. The van der Waals surface area contributed by atoms with Crippen LogP contribution in [0.5, 0.6) is 11.6 Å². The number of halogens is 4. The molecule has 0 aliphatic carbocycles. The Labute approximate surface area is 203 Å². The molecule has 0 saturated heterocycles. The first kappa shape index (κ1) is 25.0. The van der Waals surface area contributed by atoms with Gasteiger partial charge >= 0.3 is 6.18 Å². The maximum Gasteiger partial charge on any atom is 0.389 e. The van der Waals surface area contributed by atoms with Crippen LogP contribution in [0.25, 0.3) is 16.9 Å². The average molecular weight is 501 g/mol. The molecule has 7 nitrogen and oxygen atoms in total. The van der Waals surface area contributed by atoms with E-state index < -0.39 is 24.3 Å². The number of hydrogen-bond donors (Lipinski definition) is 2. The number of aryl methyl sites for hydroxylation is 2. The molecule has 0 saturated carbocycles. The van der Waals surface area contributed by atoms with Crippen LogP contribution in [-0.4, -0.2) is 33.2 Å². The number of nitrogens with one attached hydrogen (secondary N) is 1. The van der Waals surface area contributed by atoms with Crippen LogP contribution in [0.4, 0.5) is 23.2 Å². The number of fused-ring (bicyclic) bond motifs is 1. The summed E-state index contributed by atoms with van der Waals surface area (Å²) in [6.07, 6.45) is -3.77. The monoisotopic (exact) mass is 501 g/mol. The van der Waals surface area contributed by atoms with E-state index in [0.717, 1.165) is 0 Å². The van der Waals surface area contributed by atoms with E-state index in [1.807, 2.05) is 0 Å². The molecule has 0 bridgehead atoms. The lowest BCUT2D eigenvalue weighted by atomic mass is 10.0. The fraction of sp³-hybridized carbons (Fsp3) is 0.240. The summed E-state index contributed by atoms with van der Waals surface area (Å²) in [6, 6.07) is 10.7. The Kier molecular flexibility index (Phi) is 6.82. The molecule has 0 fully saturated rings. The van der Waals surface area contributed by atoms with Crippen molar-refractivity contribution in [2.45, 2.75) is 32.9 Å². The molecule has 4 rings (SSSR count). The smallest absolute Gasteiger partial charge is 0.389 e. The molecule has 36 heavy (non-hydrogen) atoms. The highest BCUT2D eigenvalue weighted by Gasteiger charge is 2.26. The summed E-state index contributed by atoms with van der Waals surface area (Å²) in [7, 11) is 0. The Balaban J connectivity index is 1.75. The molecule has 1 amide bonds. The maximum absolute atomic E-state index is 13.9. The number of anilines is 1. The van der Waals surface area contributed by atoms with Crippen LogP contribution in [-0.2, 0) is 0 Å². The summed E-state index contributed by atoms with van der Waals surface area (Å²) in [4.78, 5) is 16.0. The molecule has 2 heterocycles. The number of primary amides is 1. The first-order valence-corrected chi connectivity index (χ1v) is 11.1. The molecule has 0 atom stereocenters. The minimum atomic E-state index is -4.26. The van der Waals surface area contributed by atoms with Crippen molar-refractivity contribution < 1.29 is 27.1 Å². The van der Waals surface area contributed by atoms with E-state index in [1.54, 1.807) is 44.3 Å². The van der Waals surface area contributed by atoms with Crippen molar-refractivity contribution in [3.05, 3.63) is 71.2 Å². The fourth-order valence-electron chi connectivity index (χ4n) is 3.82. The van der Waals surface area contributed by atoms with Gasteiger partial charge in [0, 0.05) is 36.2 Å². The van der Waals surface area contributed by atoms with Gasteiger partial charge in [0.25, 0.3) is 0 Å². The van der Waals surface area contributed by atoms with Gasteiger partial charge in [0.05, 0.1) is 17.6 Å². The standard InChI is InChI=1S/C25H23F4N5O2/c1-14-8-17(26)11-18(9-14)36-22-12-20(31-7-3-6-25(27,28)29)24-32-13-21(34(24)33-22)16-4-5-19(23(30)35)15(2)10-16/h4-5,8-13,31H,3,6-7H2,1-2H3,(H2,30,35). The minimum Gasteiger partial charge on any atom is -0.437 e. The minimum absolute atomic E-state index is 0.0340. The summed E-state index contributed by atoms with van der Waals surface area (Å²) in [5.74, 6) is -0.743. The molecule has 0 aliphatic rings. The Morgan fingerprint density at radius 1 is 1.14 bits per heavy atom. The third-order valence-corrected chi connectivity index (χ3v) is 5.42. The van der Waals surface area contributed by atoms with Gasteiger partial charge in [-0.15, -0.1) is 5.10 Å². The highest BCUT2D eigenvalue weighted by Crippen LogP contribution is 2.30. The summed E-state index contributed by atoms with van der Waals surface area (Å²) in [5, 5.41) is 7.45. The summed E-state index contributed by atoms with van der Waals surface area (Å²) >= 11 is 0. The number of benzene rings is 2. The number of hydrogen-bond acceptors (Lipinski definition) is 5. The molecule has 0 unspecified atom stereocenters. The SMILES string of the molecule is Cc1cc(F)cc(Oc2cc(NCCCC(F)(F)F)c3ncc(-c4ccc(C(N)=O)c(C)c4)n3n2)c1. The number of aromatic nitrogens is 3. The third kappa shape index (κ3) is 5.73. The molecular weight excluding hydrogens is 478 g/mol. The molecule has 3 N–H and O–H groups in total. The van der Waals surface area contributed by atoms with Gasteiger partial charge in [-0.25, -0.2) is 13.9 Å². The molecule has 188 valence electrons. The summed E-state index contributed by atoms with van der Waals surface area (Å²) in [6.45, 7) is 3.49. The zero-order chi connectivity index (χ0) is 26.0. The van der Waals surface area contributed by atoms with Gasteiger partial charge in [-0.2, -0.15) is 13.2 Å². The van der Waals surface area contributed by atoms with Crippen molar-refractivity contribution in [3.63, 3.8) is 0 Å². The number of nitrogens with two attached hydrogens (primary N) is 1. The highest BCUT2D eigenvalue weighted by molar-refractivity contribution is 5.94. The zero-order valence-corrected chi connectivity index (χ0v) is 19.5. The van der Waals surface area contributed by atoms with E-state index in [1.165, 1.54) is 22.7 Å². The topological polar surface area (TPSA) is 94.5 Å². The molecule has 0 radical (unpaired) electrons. The average Bonchev–Trinajstić information content (AvgIpc) is 3.19. The third-order valence-electron chi connectivity index (χ3n) is 5.42. The molecular formula is C25H23F4N5O2. The van der Waals surface area contributed by atoms with E-state index in [9.17, 15) is 22.4 Å². The van der Waals surface area contributed by atoms with Crippen molar-refractivity contribution in [2.24, 2.45) is 5.73 Å². The van der Waals surface area contributed by atoms with Crippen LogP contribution in [0.15, 0.2) is 48.7 Å². The quantitative estimate of drug-likeness (QED) is 0.235. The number of amides is 1. The molecule has 0 spiro atoms. The van der Waals surface area contributed by atoms with E-state index in [2.05, 4.69) is 15.4 Å². The van der Waals surface area contributed by atoms with Crippen molar-refractivity contribution in [2.75, 3.05) is 11.9 Å². The van der Waals surface area contributed by atoms with E-state index in [0.29, 0.717) is 39.3 Å². The van der Waals surface area contributed by atoms with Gasteiger partial charge in [-0.05, 0) is 55.7 Å². The van der Waals surface area contributed by atoms with Crippen LogP contribution in [0, 0.1) is 19.7 Å². The van der Waals surface area contributed by atoms with Gasteiger partial charge in [0.2, 0.25) is 11.8 Å². The fourth-order valence-corrected chi connectivity index (χ4v) is 3.82. The molecule has 4 aromatic rings. The van der Waals surface area contributed by atoms with Crippen molar-refractivity contribution >= 4 is 17.2 Å². The molecule has 2 aromatic heterocycles. The van der Waals surface area contributed by atoms with Gasteiger partial charge in [-0.3, -0.25) is 4.79 Å². The van der Waals surface area contributed by atoms with E-state index in [4.69, 9.17) is 10.5 Å². The summed E-state index contributed by atoms with van der Waals surface area (Å²) in [5.41, 5.74) is 9.05. The number of ether oxygens (including phenoxy) is 1. The van der Waals surface area contributed by atoms with E-state index >= 15 is 0 Å². The number of rotatable bonds is 8. The van der Waals surface area contributed by atoms with E-state index in [-0.39, 0.29) is 24.6 Å². The van der Waals surface area contributed by atoms with Crippen LogP contribution < -0.4 is 15.8 Å². The Morgan fingerprint density at radius 2 is 1.92 bits per heavy atom. The normalized spacial score (nSPS) is 11.6. The zero-order valence-electron chi connectivity index (χ0n) is 19.5. The van der Waals surface area contributed by atoms with Gasteiger partial charge in [-0.1, -0.05) is 6.07 Å². The first-order valence-electron chi connectivity index (χ1n) is 11.1. The molecule has 11 heteroatoms. The lowest BCUT2D eigenvalue weighted by Gasteiger charge is -2.13. The number of alkyl halides is 3. The van der Waals surface area contributed by atoms with Gasteiger partial charge in [0.1, 0.15) is 11.6 Å². The molecule has 0 aliphatic heterocycles. The van der Waals surface area contributed by atoms with Gasteiger partial charge in [0.15, 0.2) is 5.65 Å². The molecule has 2 aromatic carbocycles. The number of carbonyl (C=O) groups is 1. The Hall–Kier alpha value is -4.15. The highest BCUT2D eigenvalue weighted by atomic mass is 19.4. The van der Waals surface area contributed by atoms with Crippen molar-refractivity contribution in [1.82, 2.24) is 14.6 Å². The number of imidazole rings is 1. The lowest BCUT2D eigenvalue weighted by molar-refractivity contribution is -0.134. The number of carbonyl (C=O) groups excluding carboxylic acids is 1. The second-order valence-electron chi connectivity index (χ2n) is 8.38. The predicted octanol–water partition coefficient (Wildman–Crippen LogP) is 5.80.